The molecule has 2 heteroatoms. The summed E-state index contributed by atoms with van der Waals surface area (Å²) in [5.74, 6) is -0.498. The maximum Gasteiger partial charge on any atom is 0.166 e. The van der Waals surface area contributed by atoms with Crippen molar-refractivity contribution < 1.29 is 9.59 Å². The lowest BCUT2D eigenvalue weighted by Gasteiger charge is -2.11. The molecular formula is C20H18O2. The van der Waals surface area contributed by atoms with Crippen molar-refractivity contribution in [1.82, 2.24) is 0 Å². The minimum atomic E-state index is -0.460. The van der Waals surface area contributed by atoms with Crippen LogP contribution in [0.25, 0.3) is 5.57 Å². The summed E-state index contributed by atoms with van der Waals surface area (Å²) < 4.78 is 0. The first-order valence-corrected chi connectivity index (χ1v) is 7.20. The summed E-state index contributed by atoms with van der Waals surface area (Å²) in [6, 6.07) is 18.9. The summed E-state index contributed by atoms with van der Waals surface area (Å²) in [7, 11) is 0. The number of carbonyl (C=O) groups is 2. The lowest BCUT2D eigenvalue weighted by molar-refractivity contribution is -0.115. The van der Waals surface area contributed by atoms with E-state index in [-0.39, 0.29) is 5.78 Å². The van der Waals surface area contributed by atoms with Gasteiger partial charge in [-0.25, -0.2) is 0 Å². The molecule has 0 radical (unpaired) electrons. The summed E-state index contributed by atoms with van der Waals surface area (Å²) in [4.78, 5) is 23.8. The predicted octanol–water partition coefficient (Wildman–Crippen LogP) is 4.20. The minimum absolute atomic E-state index is 0.0380. The van der Waals surface area contributed by atoms with Gasteiger partial charge in [0.2, 0.25) is 0 Å². The van der Waals surface area contributed by atoms with E-state index >= 15 is 0 Å². The van der Waals surface area contributed by atoms with Crippen LogP contribution in [0.2, 0.25) is 0 Å². The number of allylic oxidation sites excluding steroid dienone is 4. The van der Waals surface area contributed by atoms with Crippen LogP contribution in [-0.4, -0.2) is 12.1 Å². The first-order valence-electron chi connectivity index (χ1n) is 7.20. The van der Waals surface area contributed by atoms with Crippen molar-refractivity contribution in [2.24, 2.45) is 0 Å². The van der Waals surface area contributed by atoms with Crippen molar-refractivity contribution in [3.8, 4) is 0 Å². The highest BCUT2D eigenvalue weighted by Crippen LogP contribution is 2.24. The third-order valence-electron chi connectivity index (χ3n) is 3.38. The van der Waals surface area contributed by atoms with Crippen LogP contribution in [0, 0.1) is 0 Å². The second-order valence-corrected chi connectivity index (χ2v) is 4.90. The number of rotatable bonds is 6. The summed E-state index contributed by atoms with van der Waals surface area (Å²) in [5, 5.41) is 0. The van der Waals surface area contributed by atoms with Crippen molar-refractivity contribution in [2.75, 3.05) is 0 Å². The fraction of sp³-hybridized carbons (Fsp3) is 0.100. The maximum atomic E-state index is 12.4. The Labute approximate surface area is 130 Å². The highest BCUT2D eigenvalue weighted by Gasteiger charge is 2.17. The molecule has 22 heavy (non-hydrogen) atoms. The Morgan fingerprint density at radius 1 is 0.955 bits per heavy atom. The van der Waals surface area contributed by atoms with E-state index in [1.54, 1.807) is 18.2 Å². The molecule has 1 atom stereocenters. The summed E-state index contributed by atoms with van der Waals surface area (Å²) in [6.07, 6.45) is 5.80. The van der Waals surface area contributed by atoms with Gasteiger partial charge < -0.3 is 0 Å². The first kappa shape index (κ1) is 15.6. The molecule has 0 spiro atoms. The molecule has 0 bridgehead atoms. The zero-order valence-corrected chi connectivity index (χ0v) is 12.5. The van der Waals surface area contributed by atoms with Crippen molar-refractivity contribution in [2.45, 2.75) is 12.8 Å². The molecule has 0 amide bonds. The van der Waals surface area contributed by atoms with E-state index in [1.807, 2.05) is 67.6 Å². The quantitative estimate of drug-likeness (QED) is 0.590. The molecule has 0 aliphatic heterocycles. The van der Waals surface area contributed by atoms with Crippen LogP contribution < -0.4 is 0 Å². The molecule has 0 aliphatic carbocycles. The number of aldehydes is 1. The van der Waals surface area contributed by atoms with Crippen LogP contribution in [0.5, 0.6) is 0 Å². The van der Waals surface area contributed by atoms with E-state index in [2.05, 4.69) is 0 Å². The van der Waals surface area contributed by atoms with E-state index in [0.29, 0.717) is 5.57 Å². The normalized spacial score (nSPS) is 13.0. The summed E-state index contributed by atoms with van der Waals surface area (Å²) in [6.45, 7) is 1.81. The molecule has 0 saturated carbocycles. The fourth-order valence-corrected chi connectivity index (χ4v) is 2.28. The Balaban J connectivity index is 2.47. The molecule has 0 fully saturated rings. The van der Waals surface area contributed by atoms with Crippen LogP contribution in [0.3, 0.4) is 0 Å². The van der Waals surface area contributed by atoms with Gasteiger partial charge in [0.25, 0.3) is 0 Å². The Kier molecular flexibility index (Phi) is 5.61. The molecular weight excluding hydrogens is 272 g/mol. The zero-order chi connectivity index (χ0) is 15.8. The number of carbonyl (C=O) groups excluding carboxylic acids is 2. The smallest absolute Gasteiger partial charge is 0.166 e. The highest BCUT2D eigenvalue weighted by atomic mass is 16.1. The number of ketones is 1. The lowest BCUT2D eigenvalue weighted by Crippen LogP contribution is -2.08. The standard InChI is InChI=1S/C20H18O2/c1-2-9-20(22)19(17-12-7-4-8-13-17)14-18(15-21)16-10-5-3-6-11-16/h2-15,19H,1H3. The third-order valence-corrected chi connectivity index (χ3v) is 3.38. The Hall–Kier alpha value is -2.74. The first-order chi connectivity index (χ1) is 10.8. The van der Waals surface area contributed by atoms with Gasteiger partial charge in [0.1, 0.15) is 6.29 Å². The predicted molar refractivity (Wildman–Crippen MR) is 89.5 cm³/mol. The Morgan fingerprint density at radius 3 is 2.09 bits per heavy atom. The third kappa shape index (κ3) is 3.89. The number of benzene rings is 2. The van der Waals surface area contributed by atoms with Crippen LogP contribution >= 0.6 is 0 Å². The van der Waals surface area contributed by atoms with Gasteiger partial charge in [0.05, 0.1) is 5.92 Å². The van der Waals surface area contributed by atoms with Crippen LogP contribution in [0.4, 0.5) is 0 Å². The topological polar surface area (TPSA) is 34.1 Å². The van der Waals surface area contributed by atoms with Gasteiger partial charge in [0, 0.05) is 5.57 Å². The van der Waals surface area contributed by atoms with Gasteiger partial charge in [-0.1, -0.05) is 72.8 Å². The van der Waals surface area contributed by atoms with E-state index in [9.17, 15) is 9.59 Å². The van der Waals surface area contributed by atoms with Crippen molar-refractivity contribution in [3.63, 3.8) is 0 Å². The molecule has 0 N–H and O–H groups in total. The maximum absolute atomic E-state index is 12.4. The van der Waals surface area contributed by atoms with E-state index in [1.165, 1.54) is 0 Å². The van der Waals surface area contributed by atoms with Gasteiger partial charge in [0.15, 0.2) is 5.78 Å². The Bertz CT molecular complexity index is 682. The van der Waals surface area contributed by atoms with Gasteiger partial charge in [-0.2, -0.15) is 0 Å². The van der Waals surface area contributed by atoms with Gasteiger partial charge in [-0.05, 0) is 24.1 Å². The molecule has 2 nitrogen and oxygen atoms in total. The van der Waals surface area contributed by atoms with Crippen molar-refractivity contribution in [1.29, 1.82) is 0 Å². The highest BCUT2D eigenvalue weighted by molar-refractivity contribution is 6.09. The van der Waals surface area contributed by atoms with E-state index in [0.717, 1.165) is 17.4 Å². The SMILES string of the molecule is CC=CC(=O)C(C=C(C=O)c1ccccc1)c1ccccc1. The van der Waals surface area contributed by atoms with Crippen molar-refractivity contribution in [3.05, 3.63) is 90.0 Å². The molecule has 2 aromatic carbocycles. The molecule has 110 valence electrons. The van der Waals surface area contributed by atoms with E-state index < -0.39 is 5.92 Å². The second kappa shape index (κ2) is 7.89. The zero-order valence-electron chi connectivity index (χ0n) is 12.5. The fourth-order valence-electron chi connectivity index (χ4n) is 2.28. The Morgan fingerprint density at radius 2 is 1.55 bits per heavy atom. The van der Waals surface area contributed by atoms with Crippen LogP contribution in [-0.2, 0) is 9.59 Å². The van der Waals surface area contributed by atoms with Crippen LogP contribution in [0.15, 0.2) is 78.9 Å². The molecule has 0 aliphatic rings. The van der Waals surface area contributed by atoms with Crippen LogP contribution in [0.1, 0.15) is 24.0 Å². The van der Waals surface area contributed by atoms with Gasteiger partial charge in [-0.15, -0.1) is 0 Å². The number of hydrogen-bond acceptors (Lipinski definition) is 2. The van der Waals surface area contributed by atoms with Crippen molar-refractivity contribution >= 4 is 17.6 Å². The van der Waals surface area contributed by atoms with Gasteiger partial charge in [-0.3, -0.25) is 9.59 Å². The molecule has 1 unspecified atom stereocenters. The molecule has 0 saturated heterocycles. The second-order valence-electron chi connectivity index (χ2n) is 4.90. The largest absolute Gasteiger partial charge is 0.298 e. The average molecular weight is 290 g/mol. The number of hydrogen-bond donors (Lipinski definition) is 0. The molecule has 0 heterocycles. The lowest BCUT2D eigenvalue weighted by atomic mass is 9.90. The molecule has 2 rings (SSSR count). The minimum Gasteiger partial charge on any atom is -0.298 e. The summed E-state index contributed by atoms with van der Waals surface area (Å²) >= 11 is 0. The molecule has 0 aromatic heterocycles. The molecule has 2 aromatic rings. The van der Waals surface area contributed by atoms with E-state index in [4.69, 9.17) is 0 Å². The van der Waals surface area contributed by atoms with Gasteiger partial charge >= 0.3 is 0 Å². The average Bonchev–Trinajstić information content (AvgIpc) is 2.57. The monoisotopic (exact) mass is 290 g/mol. The summed E-state index contributed by atoms with van der Waals surface area (Å²) in [5.41, 5.74) is 2.21.